The van der Waals surface area contributed by atoms with Gasteiger partial charge < -0.3 is 9.47 Å². The third-order valence-electron chi connectivity index (χ3n) is 4.08. The van der Waals surface area contributed by atoms with E-state index < -0.39 is 0 Å². The largest absolute Gasteiger partial charge is 0.493 e. The first-order chi connectivity index (χ1) is 12.2. The maximum absolute atomic E-state index is 12.4. The molecule has 25 heavy (non-hydrogen) atoms. The van der Waals surface area contributed by atoms with Crippen LogP contribution in [0.1, 0.15) is 26.3 Å². The van der Waals surface area contributed by atoms with Gasteiger partial charge in [-0.05, 0) is 24.6 Å². The van der Waals surface area contributed by atoms with E-state index in [4.69, 9.17) is 9.47 Å². The van der Waals surface area contributed by atoms with Crippen molar-refractivity contribution in [2.24, 2.45) is 0 Å². The lowest BCUT2D eigenvalue weighted by Crippen LogP contribution is -2.33. The van der Waals surface area contributed by atoms with Crippen molar-refractivity contribution in [1.82, 2.24) is 4.90 Å². The number of hydrogen-bond acceptors (Lipinski definition) is 4. The van der Waals surface area contributed by atoms with Crippen LogP contribution in [0.3, 0.4) is 0 Å². The minimum Gasteiger partial charge on any atom is -0.493 e. The first-order valence-electron chi connectivity index (χ1n) is 8.02. The van der Waals surface area contributed by atoms with Gasteiger partial charge in [-0.25, -0.2) is 0 Å². The number of carbonyl (C=O) groups excluding carboxylic acids is 2. The molecule has 0 N–H and O–H groups in total. The number of rotatable bonds is 7. The number of hydrogen-bond donors (Lipinski definition) is 0. The van der Waals surface area contributed by atoms with E-state index in [-0.39, 0.29) is 25.0 Å². The van der Waals surface area contributed by atoms with Crippen molar-refractivity contribution in [3.63, 3.8) is 0 Å². The second-order valence-electron chi connectivity index (χ2n) is 5.60. The topological polar surface area (TPSA) is 55.8 Å². The molecule has 0 bridgehead atoms. The second-order valence-corrected chi connectivity index (χ2v) is 5.60. The summed E-state index contributed by atoms with van der Waals surface area (Å²) in [6, 6.07) is 12.5. The Balaban J connectivity index is 1.71. The summed E-state index contributed by atoms with van der Waals surface area (Å²) in [6.07, 6.45) is 2.42. The zero-order valence-corrected chi connectivity index (χ0v) is 14.0. The number of carbonyl (C=O) groups is 2. The second kappa shape index (κ2) is 7.21. The molecule has 0 spiro atoms. The van der Waals surface area contributed by atoms with Gasteiger partial charge in [0.05, 0.1) is 24.8 Å². The van der Waals surface area contributed by atoms with Crippen LogP contribution in [0.4, 0.5) is 0 Å². The Kier molecular flexibility index (Phi) is 4.84. The summed E-state index contributed by atoms with van der Waals surface area (Å²) in [6.45, 7) is 4.11. The van der Waals surface area contributed by atoms with E-state index in [0.717, 1.165) is 5.56 Å². The summed E-state index contributed by atoms with van der Waals surface area (Å²) in [7, 11) is 1.57. The molecular formula is C20H19NO4. The Hall–Kier alpha value is -3.08. The molecule has 5 nitrogen and oxygen atoms in total. The van der Waals surface area contributed by atoms with Gasteiger partial charge in [-0.15, -0.1) is 6.58 Å². The van der Waals surface area contributed by atoms with E-state index in [9.17, 15) is 9.59 Å². The van der Waals surface area contributed by atoms with Crippen molar-refractivity contribution in [2.45, 2.75) is 6.42 Å². The zero-order valence-electron chi connectivity index (χ0n) is 14.0. The van der Waals surface area contributed by atoms with E-state index in [1.165, 1.54) is 4.90 Å². The Bertz CT molecular complexity index is 793. The van der Waals surface area contributed by atoms with Crippen molar-refractivity contribution in [3.8, 4) is 11.5 Å². The van der Waals surface area contributed by atoms with E-state index in [0.29, 0.717) is 29.0 Å². The highest BCUT2D eigenvalue weighted by Gasteiger charge is 2.34. The Labute approximate surface area is 146 Å². The van der Waals surface area contributed by atoms with Gasteiger partial charge in [-0.1, -0.05) is 30.3 Å². The minimum atomic E-state index is -0.282. The van der Waals surface area contributed by atoms with E-state index in [2.05, 4.69) is 6.58 Å². The van der Waals surface area contributed by atoms with Gasteiger partial charge in [-0.3, -0.25) is 14.5 Å². The van der Waals surface area contributed by atoms with Crippen molar-refractivity contribution >= 4 is 11.8 Å². The van der Waals surface area contributed by atoms with Crippen molar-refractivity contribution in [1.29, 1.82) is 0 Å². The van der Waals surface area contributed by atoms with Crippen LogP contribution in [0.2, 0.25) is 0 Å². The minimum absolute atomic E-state index is 0.178. The molecule has 5 heteroatoms. The van der Waals surface area contributed by atoms with Gasteiger partial charge in [-0.2, -0.15) is 0 Å². The lowest BCUT2D eigenvalue weighted by atomic mass is 10.1. The van der Waals surface area contributed by atoms with Crippen LogP contribution in [0.15, 0.2) is 55.1 Å². The number of para-hydroxylation sites is 1. The molecule has 2 aromatic carbocycles. The fraction of sp³-hybridized carbons (Fsp3) is 0.200. The molecule has 128 valence electrons. The third-order valence-corrected chi connectivity index (χ3v) is 4.08. The molecule has 1 heterocycles. The molecule has 0 saturated heterocycles. The lowest BCUT2D eigenvalue weighted by molar-refractivity contribution is 0.0630. The molecule has 2 amide bonds. The van der Waals surface area contributed by atoms with Crippen LogP contribution in [0, 0.1) is 0 Å². The van der Waals surface area contributed by atoms with Gasteiger partial charge in [0.15, 0.2) is 11.5 Å². The number of allylic oxidation sites excluding steroid dienone is 1. The fourth-order valence-corrected chi connectivity index (χ4v) is 2.88. The van der Waals surface area contributed by atoms with Crippen molar-refractivity contribution in [3.05, 3.63) is 71.8 Å². The van der Waals surface area contributed by atoms with Crippen LogP contribution in [-0.4, -0.2) is 37.0 Å². The van der Waals surface area contributed by atoms with Crippen LogP contribution >= 0.6 is 0 Å². The normalized spacial score (nSPS) is 12.9. The highest BCUT2D eigenvalue weighted by molar-refractivity contribution is 6.21. The van der Waals surface area contributed by atoms with Crippen LogP contribution in [0.5, 0.6) is 11.5 Å². The van der Waals surface area contributed by atoms with Crippen LogP contribution in [-0.2, 0) is 6.42 Å². The number of ether oxygens (including phenoxy) is 2. The average Bonchev–Trinajstić information content (AvgIpc) is 2.88. The van der Waals surface area contributed by atoms with Gasteiger partial charge in [0.1, 0.15) is 6.61 Å². The molecule has 2 aromatic rings. The molecule has 3 rings (SSSR count). The van der Waals surface area contributed by atoms with Crippen LogP contribution < -0.4 is 9.47 Å². The third kappa shape index (κ3) is 3.13. The van der Waals surface area contributed by atoms with Crippen molar-refractivity contribution < 1.29 is 19.1 Å². The predicted molar refractivity (Wildman–Crippen MR) is 94.2 cm³/mol. The zero-order chi connectivity index (χ0) is 17.8. The van der Waals surface area contributed by atoms with Crippen LogP contribution in [0.25, 0.3) is 0 Å². The molecule has 0 aromatic heterocycles. The first kappa shape index (κ1) is 16.8. The highest BCUT2D eigenvalue weighted by atomic mass is 16.5. The SMILES string of the molecule is C=CCc1cccc(OC)c1OCCN1C(=O)c2ccccc2C1=O. The summed E-state index contributed by atoms with van der Waals surface area (Å²) >= 11 is 0. The summed E-state index contributed by atoms with van der Waals surface area (Å²) in [5, 5.41) is 0. The van der Waals surface area contributed by atoms with Crippen molar-refractivity contribution in [2.75, 3.05) is 20.3 Å². The standard InChI is InChI=1S/C20H19NO4/c1-3-7-14-8-6-11-17(24-2)18(14)25-13-12-21-19(22)15-9-4-5-10-16(15)20(21)23/h3-6,8-11H,1,7,12-13H2,2H3. The molecule has 0 fully saturated rings. The first-order valence-corrected chi connectivity index (χ1v) is 8.02. The number of nitrogens with zero attached hydrogens (tertiary/aromatic N) is 1. The number of imide groups is 1. The molecule has 0 aliphatic carbocycles. The highest BCUT2D eigenvalue weighted by Crippen LogP contribution is 2.31. The smallest absolute Gasteiger partial charge is 0.261 e. The van der Waals surface area contributed by atoms with E-state index in [1.54, 1.807) is 37.5 Å². The number of methoxy groups -OCH3 is 1. The molecule has 0 saturated carbocycles. The van der Waals surface area contributed by atoms with E-state index >= 15 is 0 Å². The van der Waals surface area contributed by atoms with Gasteiger partial charge in [0, 0.05) is 5.56 Å². The quantitative estimate of drug-likeness (QED) is 0.575. The van der Waals surface area contributed by atoms with E-state index in [1.807, 2.05) is 18.2 Å². The number of benzene rings is 2. The summed E-state index contributed by atoms with van der Waals surface area (Å²) in [5.41, 5.74) is 1.82. The molecule has 0 atom stereocenters. The monoisotopic (exact) mass is 337 g/mol. The molecular weight excluding hydrogens is 318 g/mol. The Morgan fingerprint density at radius 3 is 2.32 bits per heavy atom. The average molecular weight is 337 g/mol. The fourth-order valence-electron chi connectivity index (χ4n) is 2.88. The molecule has 1 aliphatic heterocycles. The predicted octanol–water partition coefficient (Wildman–Crippen LogP) is 3.10. The lowest BCUT2D eigenvalue weighted by Gasteiger charge is -2.17. The van der Waals surface area contributed by atoms with Gasteiger partial charge >= 0.3 is 0 Å². The maximum atomic E-state index is 12.4. The number of fused-ring (bicyclic) bond motifs is 1. The number of amides is 2. The van der Waals surface area contributed by atoms with Gasteiger partial charge in [0.25, 0.3) is 11.8 Å². The molecule has 1 aliphatic rings. The summed E-state index contributed by atoms with van der Waals surface area (Å²) in [4.78, 5) is 25.9. The summed E-state index contributed by atoms with van der Waals surface area (Å²) < 4.78 is 11.2. The molecule has 0 radical (unpaired) electrons. The maximum Gasteiger partial charge on any atom is 0.261 e. The Morgan fingerprint density at radius 2 is 1.72 bits per heavy atom. The summed E-state index contributed by atoms with van der Waals surface area (Å²) in [5.74, 6) is 0.661. The van der Waals surface area contributed by atoms with Gasteiger partial charge in [0.2, 0.25) is 0 Å². The Morgan fingerprint density at radius 1 is 1.04 bits per heavy atom. The molecule has 0 unspecified atom stereocenters.